The highest BCUT2D eigenvalue weighted by Crippen LogP contribution is 2.32. The van der Waals surface area contributed by atoms with E-state index in [9.17, 15) is 9.18 Å². The predicted octanol–water partition coefficient (Wildman–Crippen LogP) is 4.34. The molecule has 0 heterocycles. The van der Waals surface area contributed by atoms with E-state index in [0.717, 1.165) is 34.3 Å². The van der Waals surface area contributed by atoms with Crippen LogP contribution in [0.25, 0.3) is 0 Å². The topological polar surface area (TPSA) is 55.1 Å². The molecular formula is C14H21FN2OS. The summed E-state index contributed by atoms with van der Waals surface area (Å²) >= 11 is 1.05. The van der Waals surface area contributed by atoms with Crippen LogP contribution in [0.3, 0.4) is 0 Å². The molecule has 5 heteroatoms. The van der Waals surface area contributed by atoms with Crippen molar-refractivity contribution in [3.05, 3.63) is 28.8 Å². The molecule has 0 aliphatic rings. The maximum Gasteiger partial charge on any atom is 0.407 e. The van der Waals surface area contributed by atoms with Gasteiger partial charge in [0.05, 0.1) is 0 Å². The Morgan fingerprint density at radius 2 is 1.74 bits per heavy atom. The highest BCUT2D eigenvalue weighted by atomic mass is 32.2. The number of hydrogen-bond acceptors (Lipinski definition) is 3. The van der Waals surface area contributed by atoms with Gasteiger partial charge in [0, 0.05) is 11.4 Å². The smallest absolute Gasteiger partial charge is 0.398 e. The molecule has 106 valence electrons. The number of nitrogens with one attached hydrogen (secondary N) is 1. The summed E-state index contributed by atoms with van der Waals surface area (Å²) in [6, 6.07) is 4.06. The molecule has 3 N–H and O–H groups in total. The lowest BCUT2D eigenvalue weighted by Crippen LogP contribution is -2.08. The number of amides is 1. The molecule has 0 aliphatic heterocycles. The fourth-order valence-corrected chi connectivity index (χ4v) is 2.50. The van der Waals surface area contributed by atoms with Crippen molar-refractivity contribution in [2.75, 3.05) is 5.73 Å². The molecule has 0 saturated heterocycles. The van der Waals surface area contributed by atoms with Crippen molar-refractivity contribution in [3.8, 4) is 0 Å². The number of benzene rings is 1. The Morgan fingerprint density at radius 3 is 2.11 bits per heavy atom. The van der Waals surface area contributed by atoms with Gasteiger partial charge in [-0.15, -0.1) is 4.39 Å². The highest BCUT2D eigenvalue weighted by molar-refractivity contribution is 7.97. The van der Waals surface area contributed by atoms with Gasteiger partial charge in [-0.25, -0.2) is 4.79 Å². The average Bonchev–Trinajstić information content (AvgIpc) is 2.29. The van der Waals surface area contributed by atoms with Crippen LogP contribution >= 0.6 is 11.9 Å². The first-order chi connectivity index (χ1) is 8.82. The largest absolute Gasteiger partial charge is 0.407 e. The van der Waals surface area contributed by atoms with Gasteiger partial charge >= 0.3 is 6.16 Å². The van der Waals surface area contributed by atoms with Gasteiger partial charge in [0.25, 0.3) is 0 Å². The first-order valence-corrected chi connectivity index (χ1v) is 7.31. The molecule has 19 heavy (non-hydrogen) atoms. The molecule has 0 atom stereocenters. The van der Waals surface area contributed by atoms with E-state index in [4.69, 9.17) is 5.73 Å². The van der Waals surface area contributed by atoms with Crippen LogP contribution in [0.5, 0.6) is 0 Å². The highest BCUT2D eigenvalue weighted by Gasteiger charge is 2.13. The number of anilines is 1. The Hall–Kier alpha value is -1.23. The van der Waals surface area contributed by atoms with E-state index < -0.39 is 6.16 Å². The van der Waals surface area contributed by atoms with Crippen LogP contribution < -0.4 is 10.5 Å². The normalized spacial score (nSPS) is 11.1. The third kappa shape index (κ3) is 4.42. The summed E-state index contributed by atoms with van der Waals surface area (Å²) in [4.78, 5) is 10.2. The number of nitrogens with two attached hydrogens (primary N) is 1. The maximum absolute atomic E-state index is 12.1. The van der Waals surface area contributed by atoms with Crippen LogP contribution in [0.4, 0.5) is 14.9 Å². The zero-order valence-corrected chi connectivity index (χ0v) is 12.6. The van der Waals surface area contributed by atoms with Crippen molar-refractivity contribution in [2.45, 2.75) is 45.3 Å². The number of rotatable bonds is 5. The van der Waals surface area contributed by atoms with Crippen LogP contribution in [-0.2, 0) is 5.75 Å². The van der Waals surface area contributed by atoms with Gasteiger partial charge in [-0.05, 0) is 40.5 Å². The number of halogens is 1. The fourth-order valence-electron chi connectivity index (χ4n) is 1.98. The molecule has 0 saturated carbocycles. The van der Waals surface area contributed by atoms with Crippen LogP contribution in [0.2, 0.25) is 0 Å². The van der Waals surface area contributed by atoms with Gasteiger partial charge < -0.3 is 5.73 Å². The molecule has 1 aromatic rings. The molecule has 0 bridgehead atoms. The van der Waals surface area contributed by atoms with Crippen LogP contribution in [-0.4, -0.2) is 6.16 Å². The molecule has 0 fully saturated rings. The van der Waals surface area contributed by atoms with Crippen LogP contribution in [0.1, 0.15) is 56.2 Å². The molecule has 3 nitrogen and oxygen atoms in total. The number of carbonyl (C=O) groups excluding carboxylic acids is 1. The second-order valence-corrected chi connectivity index (χ2v) is 5.94. The second kappa shape index (κ2) is 6.80. The number of hydrogen-bond donors (Lipinski definition) is 2. The van der Waals surface area contributed by atoms with Gasteiger partial charge in [0.15, 0.2) is 0 Å². The van der Waals surface area contributed by atoms with Crippen molar-refractivity contribution in [3.63, 3.8) is 0 Å². The Bertz CT molecular complexity index is 432. The first kappa shape index (κ1) is 15.8. The molecule has 0 unspecified atom stereocenters. The van der Waals surface area contributed by atoms with E-state index in [0.29, 0.717) is 17.6 Å². The Morgan fingerprint density at radius 1 is 1.26 bits per heavy atom. The SMILES string of the molecule is CC(C)c1cc(CSNC(=O)F)cc(C(C)C)c1N. The van der Waals surface area contributed by atoms with Gasteiger partial charge in [-0.1, -0.05) is 39.8 Å². The van der Waals surface area contributed by atoms with Gasteiger partial charge in [-0.3, -0.25) is 4.72 Å². The van der Waals surface area contributed by atoms with Gasteiger partial charge in [0.2, 0.25) is 0 Å². The number of nitrogen functional groups attached to an aromatic ring is 1. The lowest BCUT2D eigenvalue weighted by Gasteiger charge is -2.18. The first-order valence-electron chi connectivity index (χ1n) is 6.32. The summed E-state index contributed by atoms with van der Waals surface area (Å²) in [5.41, 5.74) is 10.3. The van der Waals surface area contributed by atoms with E-state index in [1.165, 1.54) is 0 Å². The Balaban J connectivity index is 3.01. The summed E-state index contributed by atoms with van der Waals surface area (Å²) in [6.45, 7) is 8.37. The van der Waals surface area contributed by atoms with E-state index in [1.807, 2.05) is 12.1 Å². The second-order valence-electron chi connectivity index (χ2n) is 5.16. The van der Waals surface area contributed by atoms with Crippen LogP contribution in [0, 0.1) is 0 Å². The van der Waals surface area contributed by atoms with E-state index >= 15 is 0 Å². The minimum Gasteiger partial charge on any atom is -0.398 e. The standard InChI is InChI=1S/C14H21FN2OS/c1-8(2)11-5-10(7-19-17-14(15)18)6-12(9(3)4)13(11)16/h5-6,8-9H,7,16H2,1-4H3,(H,17,18). The fraction of sp³-hybridized carbons (Fsp3) is 0.500. The van der Waals surface area contributed by atoms with E-state index in [2.05, 4.69) is 32.4 Å². The zero-order chi connectivity index (χ0) is 14.6. The summed E-state index contributed by atoms with van der Waals surface area (Å²) in [6.07, 6.45) is -1.52. The van der Waals surface area contributed by atoms with E-state index in [1.54, 1.807) is 0 Å². The minimum absolute atomic E-state index is 0.332. The van der Waals surface area contributed by atoms with Gasteiger partial charge in [0.1, 0.15) is 0 Å². The van der Waals surface area contributed by atoms with Crippen LogP contribution in [0.15, 0.2) is 12.1 Å². The third-order valence-electron chi connectivity index (χ3n) is 2.94. The minimum atomic E-state index is -1.52. The maximum atomic E-state index is 12.1. The average molecular weight is 284 g/mol. The molecule has 1 aromatic carbocycles. The third-order valence-corrected chi connectivity index (χ3v) is 3.72. The summed E-state index contributed by atoms with van der Waals surface area (Å²) in [7, 11) is 0. The van der Waals surface area contributed by atoms with Crippen molar-refractivity contribution in [2.24, 2.45) is 0 Å². The molecule has 0 aliphatic carbocycles. The summed E-state index contributed by atoms with van der Waals surface area (Å²) in [5, 5.41) is 0. The van der Waals surface area contributed by atoms with Crippen molar-refractivity contribution >= 4 is 23.8 Å². The Kier molecular flexibility index (Phi) is 5.66. The molecular weight excluding hydrogens is 263 g/mol. The molecule has 0 spiro atoms. The monoisotopic (exact) mass is 284 g/mol. The zero-order valence-electron chi connectivity index (χ0n) is 11.8. The molecule has 1 amide bonds. The quantitative estimate of drug-likeness (QED) is 0.366. The van der Waals surface area contributed by atoms with Crippen molar-refractivity contribution in [1.82, 2.24) is 4.72 Å². The lowest BCUT2D eigenvalue weighted by atomic mass is 9.91. The number of carbonyl (C=O) groups is 1. The summed E-state index contributed by atoms with van der Waals surface area (Å²) < 4.78 is 14.2. The molecule has 0 aromatic heterocycles. The predicted molar refractivity (Wildman–Crippen MR) is 80.0 cm³/mol. The molecule has 0 radical (unpaired) electrons. The van der Waals surface area contributed by atoms with Gasteiger partial charge in [-0.2, -0.15) is 0 Å². The Labute approximate surface area is 118 Å². The lowest BCUT2D eigenvalue weighted by molar-refractivity contribution is 0.228. The summed E-state index contributed by atoms with van der Waals surface area (Å²) in [5.74, 6) is 1.19. The van der Waals surface area contributed by atoms with Crippen molar-refractivity contribution < 1.29 is 9.18 Å². The van der Waals surface area contributed by atoms with Crippen molar-refractivity contribution in [1.29, 1.82) is 0 Å². The van der Waals surface area contributed by atoms with E-state index in [-0.39, 0.29) is 0 Å². The molecule has 1 rings (SSSR count).